The van der Waals surface area contributed by atoms with E-state index in [9.17, 15) is 9.67 Å². The highest BCUT2D eigenvalue weighted by Crippen LogP contribution is 2.41. The Morgan fingerprint density at radius 3 is 2.31 bits per heavy atom. The molecule has 0 aliphatic heterocycles. The number of phenols is 1. The molecule has 5 heteroatoms. The van der Waals surface area contributed by atoms with Gasteiger partial charge in [0.05, 0.1) is 6.16 Å². The molecule has 0 radical (unpaired) electrons. The fourth-order valence-electron chi connectivity index (χ4n) is 1.61. The maximum atomic E-state index is 10.8. The molecule has 0 amide bonds. The minimum Gasteiger partial charge on any atom is -0.508 e. The summed E-state index contributed by atoms with van der Waals surface area (Å²) in [4.78, 5) is 17.7. The van der Waals surface area contributed by atoms with Crippen molar-refractivity contribution in [1.82, 2.24) is 0 Å². The lowest BCUT2D eigenvalue weighted by Gasteiger charge is -2.26. The van der Waals surface area contributed by atoms with Gasteiger partial charge >= 0.3 is 7.60 Å². The van der Waals surface area contributed by atoms with E-state index in [2.05, 4.69) is 0 Å². The predicted octanol–water partition coefficient (Wildman–Crippen LogP) is 2.24. The first-order valence-corrected chi connectivity index (χ1v) is 6.85. The van der Waals surface area contributed by atoms with Gasteiger partial charge in [0.15, 0.2) is 0 Å². The molecule has 90 valence electrons. The Labute approximate surface area is 95.1 Å². The Balaban J connectivity index is 2.86. The molecule has 0 spiro atoms. The summed E-state index contributed by atoms with van der Waals surface area (Å²) in [5.74, 6) is 0.165. The molecule has 0 aliphatic carbocycles. The summed E-state index contributed by atoms with van der Waals surface area (Å²) in [5, 5.41) is 9.68. The van der Waals surface area contributed by atoms with E-state index in [1.54, 1.807) is 24.3 Å². The van der Waals surface area contributed by atoms with Gasteiger partial charge in [0, 0.05) is 0 Å². The molecule has 0 unspecified atom stereocenters. The maximum absolute atomic E-state index is 10.8. The molecule has 1 aromatic carbocycles. The molecule has 0 fully saturated rings. The molecular formula is C11H17O4P. The molecule has 16 heavy (non-hydrogen) atoms. The molecular weight excluding hydrogens is 227 g/mol. The molecule has 0 saturated carbocycles. The van der Waals surface area contributed by atoms with Crippen molar-refractivity contribution in [3.8, 4) is 5.75 Å². The van der Waals surface area contributed by atoms with Crippen LogP contribution in [0.15, 0.2) is 24.3 Å². The van der Waals surface area contributed by atoms with E-state index in [0.717, 1.165) is 0 Å². The van der Waals surface area contributed by atoms with Gasteiger partial charge in [0.25, 0.3) is 0 Å². The lowest BCUT2D eigenvalue weighted by Crippen LogP contribution is -2.19. The quantitative estimate of drug-likeness (QED) is 0.710. The molecule has 1 rings (SSSR count). The number of hydrogen-bond acceptors (Lipinski definition) is 2. The minimum atomic E-state index is -3.98. The normalized spacial score (nSPS) is 12.8. The zero-order chi connectivity index (χ0) is 12.4. The van der Waals surface area contributed by atoms with Crippen LogP contribution in [0.2, 0.25) is 0 Å². The lowest BCUT2D eigenvalue weighted by molar-refractivity contribution is 0.360. The summed E-state index contributed by atoms with van der Waals surface area (Å²) in [7, 11) is -3.98. The molecule has 4 nitrogen and oxygen atoms in total. The Hall–Kier alpha value is -0.830. The molecule has 0 aliphatic rings. The highest BCUT2D eigenvalue weighted by Gasteiger charge is 2.27. The third-order valence-corrected chi connectivity index (χ3v) is 3.47. The third kappa shape index (κ3) is 3.63. The molecule has 0 atom stereocenters. The Kier molecular flexibility index (Phi) is 3.79. The molecule has 1 aromatic rings. The second-order valence-electron chi connectivity index (χ2n) is 4.54. The largest absolute Gasteiger partial charge is 0.508 e. The second-order valence-corrected chi connectivity index (χ2v) is 6.32. The minimum absolute atomic E-state index is 0.165. The Morgan fingerprint density at radius 1 is 1.25 bits per heavy atom. The summed E-state index contributed by atoms with van der Waals surface area (Å²) >= 11 is 0. The van der Waals surface area contributed by atoms with Crippen molar-refractivity contribution in [3.05, 3.63) is 29.8 Å². The van der Waals surface area contributed by atoms with Crippen LogP contribution in [0.1, 0.15) is 25.8 Å². The van der Waals surface area contributed by atoms with Crippen molar-refractivity contribution in [2.45, 2.75) is 25.7 Å². The first kappa shape index (κ1) is 13.2. The summed E-state index contributed by atoms with van der Waals surface area (Å²) in [5.41, 5.74) is 0.260. The van der Waals surface area contributed by atoms with Crippen LogP contribution >= 0.6 is 7.60 Å². The van der Waals surface area contributed by atoms with Crippen molar-refractivity contribution in [3.63, 3.8) is 0 Å². The van der Waals surface area contributed by atoms with E-state index in [1.165, 1.54) is 0 Å². The van der Waals surface area contributed by atoms with Gasteiger partial charge in [-0.25, -0.2) is 0 Å². The van der Waals surface area contributed by atoms with Crippen molar-refractivity contribution in [2.75, 3.05) is 6.16 Å². The first-order valence-electron chi connectivity index (χ1n) is 5.05. The monoisotopic (exact) mass is 244 g/mol. The average molecular weight is 244 g/mol. The zero-order valence-electron chi connectivity index (χ0n) is 9.42. The first-order chi connectivity index (χ1) is 7.22. The lowest BCUT2D eigenvalue weighted by atomic mass is 9.82. The predicted molar refractivity (Wildman–Crippen MR) is 62.7 cm³/mol. The van der Waals surface area contributed by atoms with E-state index in [1.807, 2.05) is 13.8 Å². The number of para-hydroxylation sites is 1. The van der Waals surface area contributed by atoms with E-state index < -0.39 is 13.0 Å². The smallest absolute Gasteiger partial charge is 0.325 e. The number of rotatable bonds is 4. The molecule has 3 N–H and O–H groups in total. The third-order valence-electron chi connectivity index (χ3n) is 2.66. The summed E-state index contributed by atoms with van der Waals surface area (Å²) in [6.45, 7) is 3.72. The molecule has 0 aromatic heterocycles. The highest BCUT2D eigenvalue weighted by molar-refractivity contribution is 7.51. The van der Waals surface area contributed by atoms with E-state index in [0.29, 0.717) is 12.0 Å². The maximum Gasteiger partial charge on any atom is 0.325 e. The topological polar surface area (TPSA) is 77.8 Å². The van der Waals surface area contributed by atoms with Gasteiger partial charge in [-0.1, -0.05) is 32.0 Å². The van der Waals surface area contributed by atoms with Gasteiger partial charge in [-0.15, -0.1) is 0 Å². The highest BCUT2D eigenvalue weighted by atomic mass is 31.2. The van der Waals surface area contributed by atoms with Crippen LogP contribution in [0.3, 0.4) is 0 Å². The van der Waals surface area contributed by atoms with Crippen molar-refractivity contribution >= 4 is 7.60 Å². The fraction of sp³-hybridized carbons (Fsp3) is 0.455. The van der Waals surface area contributed by atoms with Crippen molar-refractivity contribution in [1.29, 1.82) is 0 Å². The van der Waals surface area contributed by atoms with E-state index >= 15 is 0 Å². The standard InChI is InChI=1S/C11H17O4P/c1-11(2,7-8-16(13,14)15)9-5-3-4-6-10(9)12/h3-6,12H,7-8H2,1-2H3,(H2,13,14,15). The van der Waals surface area contributed by atoms with E-state index in [-0.39, 0.29) is 11.9 Å². The Morgan fingerprint density at radius 2 is 1.81 bits per heavy atom. The average Bonchev–Trinajstić information content (AvgIpc) is 2.14. The van der Waals surface area contributed by atoms with Crippen LogP contribution in [-0.2, 0) is 9.98 Å². The van der Waals surface area contributed by atoms with Gasteiger partial charge < -0.3 is 14.9 Å². The molecule has 0 bridgehead atoms. The van der Waals surface area contributed by atoms with Crippen molar-refractivity contribution < 1.29 is 19.5 Å². The summed E-state index contributed by atoms with van der Waals surface area (Å²) < 4.78 is 10.8. The van der Waals surface area contributed by atoms with Crippen LogP contribution in [0.25, 0.3) is 0 Å². The summed E-state index contributed by atoms with van der Waals surface area (Å²) in [6.07, 6.45) is 0.156. The molecule has 0 heterocycles. The number of phenolic OH excluding ortho intramolecular Hbond substituents is 1. The van der Waals surface area contributed by atoms with Crippen LogP contribution in [0, 0.1) is 0 Å². The van der Waals surface area contributed by atoms with Crippen LogP contribution in [0.4, 0.5) is 0 Å². The van der Waals surface area contributed by atoms with E-state index in [4.69, 9.17) is 9.79 Å². The summed E-state index contributed by atoms with van der Waals surface area (Å²) in [6, 6.07) is 6.87. The van der Waals surface area contributed by atoms with Gasteiger partial charge in [-0.05, 0) is 23.5 Å². The number of benzene rings is 1. The van der Waals surface area contributed by atoms with Gasteiger partial charge in [0.2, 0.25) is 0 Å². The second kappa shape index (κ2) is 4.58. The fourth-order valence-corrected chi connectivity index (χ4v) is 2.46. The number of hydrogen-bond donors (Lipinski definition) is 3. The molecule has 0 saturated heterocycles. The van der Waals surface area contributed by atoms with Crippen LogP contribution < -0.4 is 0 Å². The van der Waals surface area contributed by atoms with Gasteiger partial charge in [0.1, 0.15) is 5.75 Å². The zero-order valence-corrected chi connectivity index (χ0v) is 10.3. The SMILES string of the molecule is CC(C)(CCP(=O)(O)O)c1ccccc1O. The van der Waals surface area contributed by atoms with Gasteiger partial charge in [-0.2, -0.15) is 0 Å². The van der Waals surface area contributed by atoms with Crippen LogP contribution in [-0.4, -0.2) is 21.1 Å². The Bertz CT molecular complexity index is 408. The number of aromatic hydroxyl groups is 1. The van der Waals surface area contributed by atoms with Gasteiger partial charge in [-0.3, -0.25) is 4.57 Å². The van der Waals surface area contributed by atoms with Crippen LogP contribution in [0.5, 0.6) is 5.75 Å². The van der Waals surface area contributed by atoms with Crippen molar-refractivity contribution in [2.24, 2.45) is 0 Å².